The lowest BCUT2D eigenvalue weighted by molar-refractivity contribution is 0.120. The van der Waals surface area contributed by atoms with Gasteiger partial charge < -0.3 is 10.1 Å². The van der Waals surface area contributed by atoms with Gasteiger partial charge in [-0.3, -0.25) is 4.72 Å². The van der Waals surface area contributed by atoms with Gasteiger partial charge in [-0.15, -0.1) is 10.2 Å². The summed E-state index contributed by atoms with van der Waals surface area (Å²) in [4.78, 5) is 0.0670. The number of benzene rings is 1. The van der Waals surface area contributed by atoms with Crippen LogP contribution in [0.15, 0.2) is 41.3 Å². The second-order valence-corrected chi connectivity index (χ2v) is 7.50. The molecule has 2 N–H and O–H groups in total. The highest BCUT2D eigenvalue weighted by Crippen LogP contribution is 2.18. The molecule has 0 bridgehead atoms. The summed E-state index contributed by atoms with van der Waals surface area (Å²) in [6, 6.07) is 9.22. The van der Waals surface area contributed by atoms with Crippen molar-refractivity contribution >= 4 is 33.3 Å². The van der Waals surface area contributed by atoms with Crippen molar-refractivity contribution < 1.29 is 13.2 Å². The van der Waals surface area contributed by atoms with Gasteiger partial charge in [-0.1, -0.05) is 17.7 Å². The van der Waals surface area contributed by atoms with Gasteiger partial charge in [-0.2, -0.15) is 0 Å². The quantitative estimate of drug-likeness (QED) is 0.813. The molecule has 0 saturated carbocycles. The molecule has 1 unspecified atom stereocenters. The summed E-state index contributed by atoms with van der Waals surface area (Å²) >= 11 is 5.82. The number of ether oxygens (including phenoxy) is 1. The number of nitrogens with zero attached hydrogens (tertiary/aromatic N) is 2. The third-order valence-corrected chi connectivity index (χ3v) is 5.13. The second-order valence-electron chi connectivity index (χ2n) is 5.38. The van der Waals surface area contributed by atoms with E-state index in [2.05, 4.69) is 20.2 Å². The Bertz CT molecular complexity index is 793. The molecular formula is C15H17ClN4O3S. The van der Waals surface area contributed by atoms with Crippen molar-refractivity contribution in [3.05, 3.63) is 41.4 Å². The molecule has 1 fully saturated rings. The number of nitrogens with one attached hydrogen (secondary N) is 2. The molecule has 9 heteroatoms. The van der Waals surface area contributed by atoms with Crippen molar-refractivity contribution in [1.82, 2.24) is 10.2 Å². The van der Waals surface area contributed by atoms with Crippen molar-refractivity contribution in [2.24, 2.45) is 0 Å². The van der Waals surface area contributed by atoms with Crippen LogP contribution in [0.5, 0.6) is 0 Å². The van der Waals surface area contributed by atoms with Gasteiger partial charge >= 0.3 is 0 Å². The summed E-state index contributed by atoms with van der Waals surface area (Å²) in [5.41, 5.74) is 0. The van der Waals surface area contributed by atoms with Crippen LogP contribution < -0.4 is 10.0 Å². The van der Waals surface area contributed by atoms with E-state index in [0.717, 1.165) is 19.4 Å². The number of hydrogen-bond acceptors (Lipinski definition) is 6. The second kappa shape index (κ2) is 7.33. The normalized spacial score (nSPS) is 17.6. The number of hydrogen-bond donors (Lipinski definition) is 2. The van der Waals surface area contributed by atoms with Gasteiger partial charge in [0.2, 0.25) is 0 Å². The Morgan fingerprint density at radius 2 is 2.00 bits per heavy atom. The predicted molar refractivity (Wildman–Crippen MR) is 91.8 cm³/mol. The predicted octanol–water partition coefficient (Wildman–Crippen LogP) is 2.52. The average molecular weight is 369 g/mol. The Balaban J connectivity index is 1.63. The first-order valence-electron chi connectivity index (χ1n) is 7.50. The fraction of sp³-hybridized carbons (Fsp3) is 0.333. The van der Waals surface area contributed by atoms with Gasteiger partial charge in [-0.25, -0.2) is 8.42 Å². The van der Waals surface area contributed by atoms with Crippen LogP contribution in [-0.2, 0) is 14.8 Å². The van der Waals surface area contributed by atoms with Crippen LogP contribution >= 0.6 is 11.6 Å². The summed E-state index contributed by atoms with van der Waals surface area (Å²) in [6.45, 7) is 1.45. The van der Waals surface area contributed by atoms with Crippen LogP contribution in [0.4, 0.5) is 11.6 Å². The molecule has 1 saturated heterocycles. The zero-order valence-electron chi connectivity index (χ0n) is 12.8. The van der Waals surface area contributed by atoms with E-state index in [1.807, 2.05) is 0 Å². The van der Waals surface area contributed by atoms with E-state index in [-0.39, 0.29) is 16.8 Å². The third-order valence-electron chi connectivity index (χ3n) is 3.54. The molecule has 1 aliphatic heterocycles. The van der Waals surface area contributed by atoms with Gasteiger partial charge in [-0.05, 0) is 43.2 Å². The third kappa shape index (κ3) is 4.34. The maximum Gasteiger partial charge on any atom is 0.263 e. The van der Waals surface area contributed by atoms with Gasteiger partial charge in [0.15, 0.2) is 5.82 Å². The lowest BCUT2D eigenvalue weighted by Gasteiger charge is -2.11. The zero-order chi connectivity index (χ0) is 17.0. The zero-order valence-corrected chi connectivity index (χ0v) is 14.3. The summed E-state index contributed by atoms with van der Waals surface area (Å²) in [5, 5.41) is 11.3. The number of rotatable bonds is 6. The van der Waals surface area contributed by atoms with Crippen molar-refractivity contribution in [2.45, 2.75) is 23.8 Å². The van der Waals surface area contributed by atoms with Crippen LogP contribution in [0.3, 0.4) is 0 Å². The maximum atomic E-state index is 12.3. The Kier molecular flexibility index (Phi) is 5.17. The lowest BCUT2D eigenvalue weighted by Crippen LogP contribution is -2.19. The smallest absolute Gasteiger partial charge is 0.263 e. The topological polar surface area (TPSA) is 93.2 Å². The van der Waals surface area contributed by atoms with Crippen molar-refractivity contribution in [3.8, 4) is 0 Å². The summed E-state index contributed by atoms with van der Waals surface area (Å²) in [5.74, 6) is 0.703. The molecule has 2 aromatic rings. The molecule has 0 amide bonds. The molecule has 1 aromatic heterocycles. The highest BCUT2D eigenvalue weighted by Gasteiger charge is 2.17. The molecule has 128 valence electrons. The van der Waals surface area contributed by atoms with E-state index in [0.29, 0.717) is 17.4 Å². The van der Waals surface area contributed by atoms with Crippen molar-refractivity contribution in [3.63, 3.8) is 0 Å². The van der Waals surface area contributed by atoms with E-state index in [1.54, 1.807) is 24.3 Å². The van der Waals surface area contributed by atoms with E-state index in [9.17, 15) is 8.42 Å². The number of aromatic nitrogens is 2. The van der Waals surface area contributed by atoms with E-state index >= 15 is 0 Å². The SMILES string of the molecule is O=S(=O)(Nc1ccc(NCC2CCCO2)nn1)c1cccc(Cl)c1. The van der Waals surface area contributed by atoms with E-state index in [4.69, 9.17) is 16.3 Å². The molecule has 0 aliphatic carbocycles. The molecule has 1 aliphatic rings. The lowest BCUT2D eigenvalue weighted by atomic mass is 10.2. The first kappa shape index (κ1) is 16.9. The van der Waals surface area contributed by atoms with Crippen LogP contribution in [0.2, 0.25) is 5.02 Å². The minimum atomic E-state index is -3.75. The van der Waals surface area contributed by atoms with Gasteiger partial charge in [0, 0.05) is 18.2 Å². The Hall–Kier alpha value is -1.90. The van der Waals surface area contributed by atoms with Crippen LogP contribution in [0.1, 0.15) is 12.8 Å². The fourth-order valence-electron chi connectivity index (χ4n) is 2.34. The maximum absolute atomic E-state index is 12.3. The largest absolute Gasteiger partial charge is 0.376 e. The van der Waals surface area contributed by atoms with E-state index < -0.39 is 10.0 Å². The van der Waals surface area contributed by atoms with Crippen molar-refractivity contribution in [2.75, 3.05) is 23.2 Å². The highest BCUT2D eigenvalue weighted by atomic mass is 35.5. The van der Waals surface area contributed by atoms with Crippen molar-refractivity contribution in [1.29, 1.82) is 0 Å². The molecular weight excluding hydrogens is 352 g/mol. The van der Waals surface area contributed by atoms with Crippen LogP contribution in [0.25, 0.3) is 0 Å². The fourth-order valence-corrected chi connectivity index (χ4v) is 3.63. The Morgan fingerprint density at radius 3 is 2.67 bits per heavy atom. The molecule has 0 radical (unpaired) electrons. The van der Waals surface area contributed by atoms with Crippen LogP contribution in [-0.4, -0.2) is 37.9 Å². The number of halogens is 1. The molecule has 0 spiro atoms. The molecule has 24 heavy (non-hydrogen) atoms. The summed E-state index contributed by atoms with van der Waals surface area (Å²) in [7, 11) is -3.75. The first-order chi connectivity index (χ1) is 11.5. The van der Waals surface area contributed by atoms with Gasteiger partial charge in [0.1, 0.15) is 5.82 Å². The standard InChI is InChI=1S/C15H17ClN4O3S/c16-11-3-1-5-13(9-11)24(21,22)20-15-7-6-14(18-19-15)17-10-12-4-2-8-23-12/h1,3,5-7,9,12H,2,4,8,10H2,(H,17,18)(H,19,20). The summed E-state index contributed by atoms with van der Waals surface area (Å²) in [6.07, 6.45) is 2.29. The van der Waals surface area contributed by atoms with Crippen LogP contribution in [0, 0.1) is 0 Å². The highest BCUT2D eigenvalue weighted by molar-refractivity contribution is 7.92. The molecule has 7 nitrogen and oxygen atoms in total. The van der Waals surface area contributed by atoms with Gasteiger partial charge in [0.25, 0.3) is 10.0 Å². The molecule has 2 heterocycles. The Labute approximate surface area is 145 Å². The minimum Gasteiger partial charge on any atom is -0.376 e. The first-order valence-corrected chi connectivity index (χ1v) is 9.37. The monoisotopic (exact) mass is 368 g/mol. The molecule has 1 atom stereocenters. The minimum absolute atomic E-state index is 0.0670. The molecule has 1 aromatic carbocycles. The average Bonchev–Trinajstić information content (AvgIpc) is 3.07. The molecule has 3 rings (SSSR count). The Morgan fingerprint density at radius 1 is 1.21 bits per heavy atom. The number of sulfonamides is 1. The van der Waals surface area contributed by atoms with E-state index in [1.165, 1.54) is 12.1 Å². The van der Waals surface area contributed by atoms with Gasteiger partial charge in [0.05, 0.1) is 11.0 Å². The number of anilines is 2. The summed E-state index contributed by atoms with van der Waals surface area (Å²) < 4.78 is 32.4.